The minimum absolute atomic E-state index is 0.0444. The first-order chi connectivity index (χ1) is 11.7. The Morgan fingerprint density at radius 2 is 2.04 bits per heavy atom. The fourth-order valence-electron chi connectivity index (χ4n) is 2.42. The van der Waals surface area contributed by atoms with Gasteiger partial charge in [0.15, 0.2) is 16.4 Å². The number of esters is 1. The summed E-state index contributed by atoms with van der Waals surface area (Å²) in [5, 5.41) is 4.91. The molecule has 136 valence electrons. The number of carbonyl (C=O) groups excluding carboxylic acids is 3. The number of rotatable bonds is 6. The second-order valence-corrected chi connectivity index (χ2v) is 8.11. The van der Waals surface area contributed by atoms with Crippen molar-refractivity contribution in [3.8, 4) is 0 Å². The average molecular weight is 368 g/mol. The lowest BCUT2D eigenvalue weighted by atomic mass is 10.1. The third-order valence-corrected chi connectivity index (χ3v) is 5.40. The maximum atomic E-state index is 11.9. The van der Waals surface area contributed by atoms with Crippen LogP contribution in [0, 0.1) is 6.92 Å². The number of benzene rings is 1. The highest BCUT2D eigenvalue weighted by molar-refractivity contribution is 7.91. The van der Waals surface area contributed by atoms with E-state index in [0.29, 0.717) is 12.0 Å². The van der Waals surface area contributed by atoms with Crippen molar-refractivity contribution in [2.75, 3.05) is 24.7 Å². The highest BCUT2D eigenvalue weighted by atomic mass is 32.2. The lowest BCUT2D eigenvalue weighted by Gasteiger charge is -2.11. The van der Waals surface area contributed by atoms with Crippen molar-refractivity contribution in [1.82, 2.24) is 10.6 Å². The summed E-state index contributed by atoms with van der Waals surface area (Å²) >= 11 is 0. The Morgan fingerprint density at radius 1 is 1.28 bits per heavy atom. The van der Waals surface area contributed by atoms with E-state index in [-0.39, 0.29) is 18.1 Å². The minimum Gasteiger partial charge on any atom is -0.454 e. The van der Waals surface area contributed by atoms with Gasteiger partial charge in [-0.25, -0.2) is 8.42 Å². The molecule has 0 bridgehead atoms. The molecule has 1 atom stereocenters. The van der Waals surface area contributed by atoms with Gasteiger partial charge in [-0.15, -0.1) is 0 Å². The van der Waals surface area contributed by atoms with Crippen LogP contribution in [-0.2, 0) is 24.2 Å². The predicted octanol–water partition coefficient (Wildman–Crippen LogP) is -0.429. The van der Waals surface area contributed by atoms with Crippen molar-refractivity contribution < 1.29 is 27.5 Å². The van der Waals surface area contributed by atoms with Crippen LogP contribution >= 0.6 is 0 Å². The third-order valence-electron chi connectivity index (χ3n) is 3.64. The number of nitrogens with one attached hydrogen (secondary N) is 2. The molecule has 1 fully saturated rings. The van der Waals surface area contributed by atoms with E-state index >= 15 is 0 Å². The van der Waals surface area contributed by atoms with Crippen molar-refractivity contribution >= 4 is 27.6 Å². The van der Waals surface area contributed by atoms with Gasteiger partial charge >= 0.3 is 5.97 Å². The van der Waals surface area contributed by atoms with Crippen LogP contribution in [0.2, 0.25) is 0 Å². The second kappa shape index (κ2) is 8.11. The van der Waals surface area contributed by atoms with Gasteiger partial charge in [0.1, 0.15) is 6.54 Å². The maximum Gasteiger partial charge on any atom is 0.325 e. The van der Waals surface area contributed by atoms with Gasteiger partial charge < -0.3 is 15.4 Å². The number of aryl methyl sites for hydroxylation is 1. The summed E-state index contributed by atoms with van der Waals surface area (Å²) in [4.78, 5) is 35.1. The Balaban J connectivity index is 1.68. The predicted molar refractivity (Wildman–Crippen MR) is 89.7 cm³/mol. The van der Waals surface area contributed by atoms with E-state index in [1.54, 1.807) is 18.2 Å². The molecule has 0 unspecified atom stereocenters. The quantitative estimate of drug-likeness (QED) is 0.658. The first-order valence-corrected chi connectivity index (χ1v) is 9.57. The average Bonchev–Trinajstić information content (AvgIpc) is 2.89. The van der Waals surface area contributed by atoms with Crippen LogP contribution in [0.25, 0.3) is 0 Å². The highest BCUT2D eigenvalue weighted by Crippen LogP contribution is 2.10. The molecule has 2 amide bonds. The molecule has 9 heteroatoms. The van der Waals surface area contributed by atoms with Crippen LogP contribution < -0.4 is 10.6 Å². The molecule has 8 nitrogen and oxygen atoms in total. The van der Waals surface area contributed by atoms with Crippen molar-refractivity contribution in [3.63, 3.8) is 0 Å². The minimum atomic E-state index is -3.09. The highest BCUT2D eigenvalue weighted by Gasteiger charge is 2.29. The molecular weight excluding hydrogens is 348 g/mol. The van der Waals surface area contributed by atoms with E-state index in [1.807, 2.05) is 13.0 Å². The summed E-state index contributed by atoms with van der Waals surface area (Å²) in [6.07, 6.45) is 0.356. The van der Waals surface area contributed by atoms with Gasteiger partial charge in [-0.05, 0) is 25.5 Å². The van der Waals surface area contributed by atoms with E-state index in [2.05, 4.69) is 10.6 Å². The fourth-order valence-corrected chi connectivity index (χ4v) is 4.09. The number of hydrogen-bond donors (Lipinski definition) is 2. The Labute approximate surface area is 145 Å². The van der Waals surface area contributed by atoms with Crippen molar-refractivity contribution in [2.45, 2.75) is 19.4 Å². The molecule has 0 radical (unpaired) electrons. The van der Waals surface area contributed by atoms with Gasteiger partial charge in [-0.2, -0.15) is 0 Å². The van der Waals surface area contributed by atoms with E-state index in [4.69, 9.17) is 4.74 Å². The van der Waals surface area contributed by atoms with Crippen LogP contribution in [0.5, 0.6) is 0 Å². The zero-order valence-electron chi connectivity index (χ0n) is 13.8. The number of amides is 2. The smallest absolute Gasteiger partial charge is 0.325 e. The molecule has 1 saturated heterocycles. The first kappa shape index (κ1) is 18.9. The van der Waals surface area contributed by atoms with Crippen molar-refractivity contribution in [1.29, 1.82) is 0 Å². The Hall–Kier alpha value is -2.42. The number of hydrogen-bond acceptors (Lipinski definition) is 6. The molecule has 2 rings (SSSR count). The molecule has 1 aliphatic heterocycles. The van der Waals surface area contributed by atoms with E-state index < -0.39 is 40.3 Å². The number of ether oxygens (including phenoxy) is 1. The lowest BCUT2D eigenvalue weighted by molar-refractivity contribution is -0.147. The standard InChI is InChI=1S/C16H20N2O6S/c1-11-3-2-4-12(7-11)16(21)17-8-15(20)24-9-14(19)18-13-5-6-25(22,23)10-13/h2-4,7,13H,5-6,8-10H2,1H3,(H,17,21)(H,18,19)/t13-/m1/s1. The Bertz CT molecular complexity index is 775. The summed E-state index contributed by atoms with van der Waals surface area (Å²) < 4.78 is 27.4. The van der Waals surface area contributed by atoms with Gasteiger partial charge in [-0.1, -0.05) is 17.7 Å². The Morgan fingerprint density at radius 3 is 2.68 bits per heavy atom. The summed E-state index contributed by atoms with van der Waals surface area (Å²) in [5.41, 5.74) is 1.34. The summed E-state index contributed by atoms with van der Waals surface area (Å²) in [6.45, 7) is 0.965. The molecule has 1 aliphatic rings. The molecule has 0 spiro atoms. The van der Waals surface area contributed by atoms with Crippen LogP contribution in [0.4, 0.5) is 0 Å². The van der Waals surface area contributed by atoms with Gasteiger partial charge in [0.2, 0.25) is 0 Å². The topological polar surface area (TPSA) is 119 Å². The summed E-state index contributed by atoms with van der Waals surface area (Å²) in [7, 11) is -3.09. The van der Waals surface area contributed by atoms with Crippen LogP contribution in [0.15, 0.2) is 24.3 Å². The molecule has 0 aliphatic carbocycles. The van der Waals surface area contributed by atoms with Gasteiger partial charge in [0.25, 0.3) is 11.8 Å². The normalized spacial score (nSPS) is 18.4. The number of carbonyl (C=O) groups is 3. The molecule has 25 heavy (non-hydrogen) atoms. The van der Waals surface area contributed by atoms with Gasteiger partial charge in [-0.3, -0.25) is 14.4 Å². The Kier molecular flexibility index (Phi) is 6.13. The SMILES string of the molecule is Cc1cccc(C(=O)NCC(=O)OCC(=O)N[C@@H]2CCS(=O)(=O)C2)c1. The summed E-state index contributed by atoms with van der Waals surface area (Å²) in [5.74, 6) is -1.79. The molecule has 2 N–H and O–H groups in total. The zero-order chi connectivity index (χ0) is 18.4. The summed E-state index contributed by atoms with van der Waals surface area (Å²) in [6, 6.07) is 6.44. The third kappa shape index (κ3) is 6.18. The molecule has 0 aromatic heterocycles. The zero-order valence-corrected chi connectivity index (χ0v) is 14.6. The van der Waals surface area contributed by atoms with Crippen molar-refractivity contribution in [2.24, 2.45) is 0 Å². The molecule has 1 heterocycles. The lowest BCUT2D eigenvalue weighted by Crippen LogP contribution is -2.39. The van der Waals surface area contributed by atoms with E-state index in [0.717, 1.165) is 5.56 Å². The fraction of sp³-hybridized carbons (Fsp3) is 0.438. The molecule has 1 aromatic carbocycles. The molecule has 1 aromatic rings. The van der Waals surface area contributed by atoms with Crippen LogP contribution in [-0.4, -0.2) is 56.9 Å². The van der Waals surface area contributed by atoms with Gasteiger partial charge in [0.05, 0.1) is 11.5 Å². The van der Waals surface area contributed by atoms with Gasteiger partial charge in [0, 0.05) is 11.6 Å². The number of sulfone groups is 1. The molecule has 0 saturated carbocycles. The van der Waals surface area contributed by atoms with E-state index in [9.17, 15) is 22.8 Å². The second-order valence-electron chi connectivity index (χ2n) is 5.88. The first-order valence-electron chi connectivity index (χ1n) is 7.75. The maximum absolute atomic E-state index is 11.9. The molecular formula is C16H20N2O6S. The van der Waals surface area contributed by atoms with Crippen LogP contribution in [0.3, 0.4) is 0 Å². The monoisotopic (exact) mass is 368 g/mol. The largest absolute Gasteiger partial charge is 0.454 e. The van der Waals surface area contributed by atoms with E-state index in [1.165, 1.54) is 0 Å². The van der Waals surface area contributed by atoms with Crippen LogP contribution in [0.1, 0.15) is 22.3 Å². The van der Waals surface area contributed by atoms with Crippen molar-refractivity contribution in [3.05, 3.63) is 35.4 Å².